The lowest BCUT2D eigenvalue weighted by Gasteiger charge is -2.71. The van der Waals surface area contributed by atoms with E-state index < -0.39 is 153 Å². The predicted molar refractivity (Wildman–Crippen MR) is 251 cm³/mol. The minimum Gasteiger partial charge on any atom is -0.432 e. The highest BCUT2D eigenvalue weighted by Crippen LogP contribution is 2.75. The zero-order chi connectivity index (χ0) is 53.1. The van der Waals surface area contributed by atoms with Gasteiger partial charge in [-0.2, -0.15) is 0 Å². The van der Waals surface area contributed by atoms with Gasteiger partial charge in [0.1, 0.15) is 85.5 Å². The smallest absolute Gasteiger partial charge is 0.315 e. The molecule has 9 aliphatic rings. The fraction of sp³-hybridized carbons (Fsp3) is 0.904. The maximum Gasteiger partial charge on any atom is 0.315 e. The van der Waals surface area contributed by atoms with E-state index in [2.05, 4.69) is 47.3 Å². The van der Waals surface area contributed by atoms with Gasteiger partial charge in [0.05, 0.1) is 37.4 Å². The van der Waals surface area contributed by atoms with E-state index in [0.717, 1.165) is 31.3 Å². The molecule has 4 saturated carbocycles. The van der Waals surface area contributed by atoms with E-state index in [-0.39, 0.29) is 40.6 Å². The fourth-order valence-corrected chi connectivity index (χ4v) is 15.8. The Kier molecular flexibility index (Phi) is 15.7. The van der Waals surface area contributed by atoms with Crippen LogP contribution in [0.3, 0.4) is 0 Å². The first-order valence-electron chi connectivity index (χ1n) is 26.4. The van der Waals surface area contributed by atoms with Crippen molar-refractivity contribution in [3.8, 4) is 0 Å². The number of carbonyl (C=O) groups is 1. The predicted octanol–water partition coefficient (Wildman–Crippen LogP) is -0.839. The molecule has 73 heavy (non-hydrogen) atoms. The van der Waals surface area contributed by atoms with Gasteiger partial charge < -0.3 is 99.2 Å². The maximum atomic E-state index is 14.6. The van der Waals surface area contributed by atoms with Crippen LogP contribution in [0.2, 0.25) is 0 Å². The SMILES string of the molecule is C=C1CC[C@]2(C(=O)O[C@@H]3O[C@H](CO)[C@@H](O)[C@H](O)[C@H]3O)CC[C@]3(C)C(=CC[C@@H]4[C@@]5(C)CC[C@H](O[C@@H]6OC[C@@H](O)[C@H](O[C@@H]7O[C@H](CO)[C@@H](O)[C@H](O)[C@H]7O[C@@H]7O[C@@H](C)[C@H](O)[C@@H](O)[C@H]7O)[C@H]6O)C(C)(C)[C@H]5CC[C@]43C)[C@H]2C1. The number of hydrogen-bond acceptors (Lipinski definition) is 21. The van der Waals surface area contributed by atoms with Gasteiger partial charge in [0.25, 0.3) is 0 Å². The van der Waals surface area contributed by atoms with Crippen molar-refractivity contribution in [2.24, 2.45) is 44.8 Å². The number of allylic oxidation sites excluding steroid dienone is 3. The summed E-state index contributed by atoms with van der Waals surface area (Å²) in [6, 6.07) is 0. The quantitative estimate of drug-likeness (QED) is 0.0721. The first kappa shape index (κ1) is 55.9. The molecule has 4 saturated heterocycles. The molecule has 416 valence electrons. The molecule has 0 spiro atoms. The van der Waals surface area contributed by atoms with Crippen LogP contribution in [0, 0.1) is 44.8 Å². The largest absolute Gasteiger partial charge is 0.432 e. The van der Waals surface area contributed by atoms with Crippen molar-refractivity contribution in [2.75, 3.05) is 19.8 Å². The lowest BCUT2D eigenvalue weighted by atomic mass is 9.34. The molecule has 9 rings (SSSR count). The topological polar surface area (TPSA) is 334 Å². The molecule has 21 nitrogen and oxygen atoms in total. The minimum atomic E-state index is -1.81. The van der Waals surface area contributed by atoms with E-state index >= 15 is 0 Å². The Morgan fingerprint density at radius 1 is 0.658 bits per heavy atom. The molecule has 0 aromatic rings. The highest BCUT2D eigenvalue weighted by atomic mass is 16.8. The number of rotatable bonds is 10. The van der Waals surface area contributed by atoms with Crippen LogP contribution in [0.15, 0.2) is 23.8 Å². The molecule has 27 atom stereocenters. The molecule has 0 radical (unpaired) electrons. The Bertz CT molecular complexity index is 2040. The zero-order valence-electron chi connectivity index (χ0n) is 42.8. The highest BCUT2D eigenvalue weighted by molar-refractivity contribution is 5.79. The van der Waals surface area contributed by atoms with Crippen LogP contribution in [0.4, 0.5) is 0 Å². The van der Waals surface area contributed by atoms with Crippen molar-refractivity contribution >= 4 is 5.97 Å². The van der Waals surface area contributed by atoms with E-state index in [0.29, 0.717) is 38.5 Å². The summed E-state index contributed by atoms with van der Waals surface area (Å²) in [4.78, 5) is 14.6. The minimum absolute atomic E-state index is 0.161. The summed E-state index contributed by atoms with van der Waals surface area (Å²) in [7, 11) is 0. The second kappa shape index (κ2) is 20.4. The van der Waals surface area contributed by atoms with Gasteiger partial charge in [-0.05, 0) is 105 Å². The summed E-state index contributed by atoms with van der Waals surface area (Å²) >= 11 is 0. The van der Waals surface area contributed by atoms with E-state index in [1.807, 2.05) is 0 Å². The number of carbonyl (C=O) groups excluding carboxylic acids is 1. The number of aliphatic hydroxyl groups is 12. The van der Waals surface area contributed by atoms with Gasteiger partial charge in [0, 0.05) is 5.92 Å². The van der Waals surface area contributed by atoms with Crippen LogP contribution in [0.25, 0.3) is 0 Å². The molecule has 0 aromatic heterocycles. The lowest BCUT2D eigenvalue weighted by Crippen LogP contribution is -2.66. The standard InChI is InChI=1S/C52H82O21/c1-22-10-15-52(47(65)73-45-39(63)36(60)33(57)27(19-53)68-45)17-16-50(6)24(25(52)18-22)8-9-30-49(5)13-12-31(48(3,4)29(49)11-14-51(30,50)7)70-43-40(64)41(26(55)21-66-43)71-46-42(37(61)34(58)28(20-54)69-46)72-44-38(62)35(59)32(56)23(2)67-44/h8,23,25-46,53-64H,1,9-21H2,2-7H3/t23-,25+,26+,27+,28+,29+,30+,31-,32-,33+,34+,35+,36-,37-,38+,39+,40+,41-,42+,43-,44-,45-,46-,49-,50+,51+,52-/m0/s1. The first-order chi connectivity index (χ1) is 34.3. The van der Waals surface area contributed by atoms with E-state index in [4.69, 9.17) is 37.9 Å². The summed E-state index contributed by atoms with van der Waals surface area (Å²) in [5.74, 6) is -0.338. The third-order valence-electron chi connectivity index (χ3n) is 20.4. The van der Waals surface area contributed by atoms with Crippen LogP contribution in [-0.2, 0) is 42.7 Å². The maximum absolute atomic E-state index is 14.6. The Morgan fingerprint density at radius 3 is 1.97 bits per heavy atom. The van der Waals surface area contributed by atoms with Crippen molar-refractivity contribution in [3.05, 3.63) is 23.8 Å². The molecule has 4 aliphatic heterocycles. The molecule has 0 bridgehead atoms. The Balaban J connectivity index is 0.908. The molecule has 12 N–H and O–H groups in total. The third kappa shape index (κ3) is 9.02. The van der Waals surface area contributed by atoms with Crippen LogP contribution in [0.5, 0.6) is 0 Å². The van der Waals surface area contributed by atoms with Crippen molar-refractivity contribution in [3.63, 3.8) is 0 Å². The van der Waals surface area contributed by atoms with Crippen LogP contribution in [0.1, 0.15) is 106 Å². The van der Waals surface area contributed by atoms with Crippen molar-refractivity contribution in [1.82, 2.24) is 0 Å². The van der Waals surface area contributed by atoms with Gasteiger partial charge in [0.2, 0.25) is 6.29 Å². The summed E-state index contributed by atoms with van der Waals surface area (Å²) in [5, 5.41) is 128. The average Bonchev–Trinajstić information content (AvgIpc) is 3.35. The van der Waals surface area contributed by atoms with Gasteiger partial charge in [-0.15, -0.1) is 0 Å². The number of fused-ring (bicyclic) bond motifs is 7. The molecule has 5 aliphatic carbocycles. The molecule has 0 amide bonds. The molecule has 0 aromatic carbocycles. The van der Waals surface area contributed by atoms with E-state index in [9.17, 15) is 66.1 Å². The van der Waals surface area contributed by atoms with E-state index in [1.165, 1.54) is 12.5 Å². The second-order valence-corrected chi connectivity index (χ2v) is 24.4. The average molecular weight is 1040 g/mol. The van der Waals surface area contributed by atoms with Crippen LogP contribution in [-0.4, -0.2) is 210 Å². The highest BCUT2D eigenvalue weighted by Gasteiger charge is 2.70. The monoisotopic (exact) mass is 1040 g/mol. The summed E-state index contributed by atoms with van der Waals surface area (Å²) < 4.78 is 47.7. The molecular formula is C52H82O21. The normalized spacial score (nSPS) is 54.0. The summed E-state index contributed by atoms with van der Waals surface area (Å²) in [6.07, 6.45) is -20.5. The van der Waals surface area contributed by atoms with Crippen LogP contribution >= 0.6 is 0 Å². The zero-order valence-corrected chi connectivity index (χ0v) is 42.8. The molecule has 8 fully saturated rings. The molecular weight excluding hydrogens is 961 g/mol. The molecule has 0 unspecified atom stereocenters. The third-order valence-corrected chi connectivity index (χ3v) is 20.4. The molecule has 21 heteroatoms. The van der Waals surface area contributed by atoms with Gasteiger partial charge >= 0.3 is 5.97 Å². The van der Waals surface area contributed by atoms with Crippen molar-refractivity contribution in [2.45, 2.75) is 229 Å². The number of ether oxygens (including phenoxy) is 8. The number of aliphatic hydroxyl groups excluding tert-OH is 12. The second-order valence-electron chi connectivity index (χ2n) is 24.4. The Hall–Kier alpha value is -1.81. The Labute approximate surface area is 426 Å². The van der Waals surface area contributed by atoms with Crippen LogP contribution < -0.4 is 0 Å². The first-order valence-corrected chi connectivity index (χ1v) is 26.4. The van der Waals surface area contributed by atoms with Gasteiger partial charge in [-0.25, -0.2) is 0 Å². The summed E-state index contributed by atoms with van der Waals surface area (Å²) in [6.45, 7) is 15.7. The van der Waals surface area contributed by atoms with Gasteiger partial charge in [0.15, 0.2) is 18.9 Å². The molecule has 4 heterocycles. The van der Waals surface area contributed by atoms with Crippen molar-refractivity contribution < 1.29 is 104 Å². The van der Waals surface area contributed by atoms with E-state index in [1.54, 1.807) is 0 Å². The number of hydrogen-bond donors (Lipinski definition) is 12. The van der Waals surface area contributed by atoms with Crippen molar-refractivity contribution in [1.29, 1.82) is 0 Å². The number of esters is 1. The fourth-order valence-electron chi connectivity index (χ4n) is 15.8. The van der Waals surface area contributed by atoms with Gasteiger partial charge in [-0.1, -0.05) is 58.4 Å². The Morgan fingerprint density at radius 2 is 1.29 bits per heavy atom. The van der Waals surface area contributed by atoms with Gasteiger partial charge in [-0.3, -0.25) is 4.79 Å². The summed E-state index contributed by atoms with van der Waals surface area (Å²) in [5.41, 5.74) is 0.247. The lowest BCUT2D eigenvalue weighted by molar-refractivity contribution is -0.385.